The molecule has 2 heterocycles. The molecule has 2 aromatic carbocycles. The van der Waals surface area contributed by atoms with E-state index < -0.39 is 0 Å². The summed E-state index contributed by atoms with van der Waals surface area (Å²) in [5, 5.41) is 4.18. The van der Waals surface area contributed by atoms with E-state index in [-0.39, 0.29) is 11.9 Å². The lowest BCUT2D eigenvalue weighted by molar-refractivity contribution is 0.0932. The van der Waals surface area contributed by atoms with Crippen LogP contribution < -0.4 is 10.1 Å². The van der Waals surface area contributed by atoms with E-state index in [1.54, 1.807) is 6.07 Å². The van der Waals surface area contributed by atoms with Crippen molar-refractivity contribution in [2.75, 3.05) is 26.2 Å². The first-order valence-corrected chi connectivity index (χ1v) is 10.7. The van der Waals surface area contributed by atoms with Crippen molar-refractivity contribution in [1.29, 1.82) is 0 Å². The van der Waals surface area contributed by atoms with Crippen molar-refractivity contribution >= 4 is 16.8 Å². The van der Waals surface area contributed by atoms with Crippen LogP contribution in [0.2, 0.25) is 0 Å². The largest absolute Gasteiger partial charge is 0.492 e. The maximum absolute atomic E-state index is 12.6. The van der Waals surface area contributed by atoms with Crippen LogP contribution in [-0.4, -0.2) is 48.1 Å². The molecule has 1 saturated heterocycles. The Kier molecular flexibility index (Phi) is 6.29. The van der Waals surface area contributed by atoms with Gasteiger partial charge in [-0.25, -0.2) is 4.98 Å². The van der Waals surface area contributed by atoms with E-state index in [1.165, 1.54) is 5.56 Å². The van der Waals surface area contributed by atoms with Gasteiger partial charge in [-0.3, -0.25) is 9.69 Å². The second kappa shape index (κ2) is 9.26. The highest BCUT2D eigenvalue weighted by molar-refractivity contribution is 5.95. The monoisotopic (exact) mass is 403 g/mol. The van der Waals surface area contributed by atoms with Gasteiger partial charge in [0, 0.05) is 31.1 Å². The molecule has 1 N–H and O–H groups in total. The summed E-state index contributed by atoms with van der Waals surface area (Å²) in [4.78, 5) is 19.5. The average Bonchev–Trinajstić information content (AvgIpc) is 3.20. The molecule has 1 amide bonds. The molecule has 1 unspecified atom stereocenters. The second-order valence-corrected chi connectivity index (χ2v) is 8.19. The lowest BCUT2D eigenvalue weighted by atomic mass is 10.0. The van der Waals surface area contributed by atoms with Crippen molar-refractivity contribution in [3.63, 3.8) is 0 Å². The van der Waals surface area contributed by atoms with Crippen molar-refractivity contribution in [1.82, 2.24) is 15.2 Å². The number of carbonyl (C=O) groups is 1. The van der Waals surface area contributed by atoms with E-state index in [0.717, 1.165) is 42.7 Å². The van der Waals surface area contributed by atoms with Gasteiger partial charge in [-0.2, -0.15) is 0 Å². The third kappa shape index (κ3) is 4.79. The predicted octanol–water partition coefficient (Wildman–Crippen LogP) is 4.24. The zero-order chi connectivity index (χ0) is 20.9. The number of fused-ring (bicyclic) bond motifs is 1. The van der Waals surface area contributed by atoms with Crippen LogP contribution in [0.1, 0.15) is 42.2 Å². The minimum Gasteiger partial charge on any atom is -0.492 e. The van der Waals surface area contributed by atoms with E-state index in [2.05, 4.69) is 41.2 Å². The quantitative estimate of drug-likeness (QED) is 0.641. The number of nitrogens with one attached hydrogen (secondary N) is 1. The van der Waals surface area contributed by atoms with Crippen LogP contribution in [0.4, 0.5) is 0 Å². The maximum Gasteiger partial charge on any atom is 0.270 e. The molecular formula is C25H29N3O2. The lowest BCUT2D eigenvalue weighted by Crippen LogP contribution is -2.38. The summed E-state index contributed by atoms with van der Waals surface area (Å²) < 4.78 is 6.05. The number of carbonyl (C=O) groups excluding carboxylic acids is 1. The van der Waals surface area contributed by atoms with Crippen LogP contribution in [0.3, 0.4) is 0 Å². The van der Waals surface area contributed by atoms with Gasteiger partial charge in [0.2, 0.25) is 0 Å². The molecule has 3 aromatic rings. The lowest BCUT2D eigenvalue weighted by Gasteiger charge is -2.18. The maximum atomic E-state index is 12.6. The van der Waals surface area contributed by atoms with E-state index in [4.69, 9.17) is 4.74 Å². The summed E-state index contributed by atoms with van der Waals surface area (Å²) in [6.45, 7) is 7.67. The number of para-hydroxylation sites is 2. The fourth-order valence-electron chi connectivity index (χ4n) is 3.98. The van der Waals surface area contributed by atoms with E-state index in [9.17, 15) is 4.79 Å². The van der Waals surface area contributed by atoms with Crippen LogP contribution in [0, 0.1) is 0 Å². The van der Waals surface area contributed by atoms with Gasteiger partial charge in [-0.05, 0) is 36.1 Å². The predicted molar refractivity (Wildman–Crippen MR) is 120 cm³/mol. The van der Waals surface area contributed by atoms with Gasteiger partial charge in [-0.15, -0.1) is 0 Å². The third-order valence-electron chi connectivity index (χ3n) is 5.64. The number of aromatic nitrogens is 1. The number of ether oxygens (including phenoxy) is 1. The Morgan fingerprint density at radius 3 is 2.80 bits per heavy atom. The average molecular weight is 404 g/mol. The first-order chi connectivity index (χ1) is 14.6. The SMILES string of the molecule is CC(C)c1ccccc1OCCN1CCC(NC(=O)c2ccc3ccccc3n2)C1. The molecule has 1 atom stereocenters. The van der Waals surface area contributed by atoms with Gasteiger partial charge in [-0.1, -0.05) is 56.3 Å². The van der Waals surface area contributed by atoms with Crippen molar-refractivity contribution in [2.24, 2.45) is 0 Å². The zero-order valence-electron chi connectivity index (χ0n) is 17.7. The molecule has 0 bridgehead atoms. The Morgan fingerprint density at radius 2 is 1.93 bits per heavy atom. The minimum atomic E-state index is -0.102. The van der Waals surface area contributed by atoms with Crippen LogP contribution >= 0.6 is 0 Å². The number of likely N-dealkylation sites (tertiary alicyclic amines) is 1. The smallest absolute Gasteiger partial charge is 0.270 e. The van der Waals surface area contributed by atoms with Crippen molar-refractivity contribution < 1.29 is 9.53 Å². The second-order valence-electron chi connectivity index (χ2n) is 8.19. The third-order valence-corrected chi connectivity index (χ3v) is 5.64. The summed E-state index contributed by atoms with van der Waals surface area (Å²) in [5.74, 6) is 1.31. The number of rotatable bonds is 7. The van der Waals surface area contributed by atoms with Crippen molar-refractivity contribution in [2.45, 2.75) is 32.2 Å². The molecular weight excluding hydrogens is 374 g/mol. The number of hydrogen-bond donors (Lipinski definition) is 1. The summed E-state index contributed by atoms with van der Waals surface area (Å²) in [6, 6.07) is 20.0. The van der Waals surface area contributed by atoms with Gasteiger partial charge < -0.3 is 10.1 Å². The topological polar surface area (TPSA) is 54.5 Å². The number of hydrogen-bond acceptors (Lipinski definition) is 4. The Balaban J connectivity index is 1.27. The van der Waals surface area contributed by atoms with Crippen molar-refractivity contribution in [3.8, 4) is 5.75 Å². The number of benzene rings is 2. The fraction of sp³-hybridized carbons (Fsp3) is 0.360. The van der Waals surface area contributed by atoms with Crippen LogP contribution in [-0.2, 0) is 0 Å². The highest BCUT2D eigenvalue weighted by Gasteiger charge is 2.24. The van der Waals surface area contributed by atoms with Crippen LogP contribution in [0.15, 0.2) is 60.7 Å². The fourth-order valence-corrected chi connectivity index (χ4v) is 3.98. The molecule has 1 aromatic heterocycles. The molecule has 5 nitrogen and oxygen atoms in total. The van der Waals surface area contributed by atoms with Crippen LogP contribution in [0.25, 0.3) is 10.9 Å². The van der Waals surface area contributed by atoms with Crippen molar-refractivity contribution in [3.05, 3.63) is 71.9 Å². The van der Waals surface area contributed by atoms with Crippen LogP contribution in [0.5, 0.6) is 5.75 Å². The molecule has 1 fully saturated rings. The Hall–Kier alpha value is -2.92. The Bertz CT molecular complexity index is 1020. The number of nitrogens with zero attached hydrogens (tertiary/aromatic N) is 2. The van der Waals surface area contributed by atoms with Gasteiger partial charge in [0.15, 0.2) is 0 Å². The number of amides is 1. The van der Waals surface area contributed by atoms with Gasteiger partial charge in [0.25, 0.3) is 5.91 Å². The molecule has 156 valence electrons. The Morgan fingerprint density at radius 1 is 1.13 bits per heavy atom. The first-order valence-electron chi connectivity index (χ1n) is 10.7. The minimum absolute atomic E-state index is 0.102. The van der Waals surface area contributed by atoms with E-state index in [1.807, 2.05) is 42.5 Å². The molecule has 1 aliphatic rings. The first kappa shape index (κ1) is 20.4. The van der Waals surface area contributed by atoms with Gasteiger partial charge in [0.05, 0.1) is 5.52 Å². The summed E-state index contributed by atoms with van der Waals surface area (Å²) in [7, 11) is 0. The summed E-state index contributed by atoms with van der Waals surface area (Å²) >= 11 is 0. The van der Waals surface area contributed by atoms with E-state index >= 15 is 0 Å². The molecule has 0 radical (unpaired) electrons. The molecule has 0 aliphatic carbocycles. The van der Waals surface area contributed by atoms with Gasteiger partial charge in [0.1, 0.15) is 18.1 Å². The molecule has 0 saturated carbocycles. The summed E-state index contributed by atoms with van der Waals surface area (Å²) in [5.41, 5.74) is 2.56. The number of pyridine rings is 1. The summed E-state index contributed by atoms with van der Waals surface area (Å²) in [6.07, 6.45) is 0.946. The highest BCUT2D eigenvalue weighted by atomic mass is 16.5. The normalized spacial score (nSPS) is 16.8. The highest BCUT2D eigenvalue weighted by Crippen LogP contribution is 2.25. The standard InChI is InChI=1S/C25H29N3O2/c1-18(2)21-8-4-6-10-24(21)30-16-15-28-14-13-20(17-28)26-25(29)23-12-11-19-7-3-5-9-22(19)27-23/h3-12,18,20H,13-17H2,1-2H3,(H,26,29). The van der Waals surface area contributed by atoms with E-state index in [0.29, 0.717) is 18.2 Å². The molecule has 30 heavy (non-hydrogen) atoms. The molecule has 4 rings (SSSR count). The van der Waals surface area contributed by atoms with Gasteiger partial charge >= 0.3 is 0 Å². The zero-order valence-corrected chi connectivity index (χ0v) is 17.7. The molecule has 5 heteroatoms. The molecule has 1 aliphatic heterocycles. The molecule has 0 spiro atoms. The Labute approximate surface area is 178 Å².